The van der Waals surface area contributed by atoms with Crippen LogP contribution >= 0.6 is 15.9 Å². The second-order valence-corrected chi connectivity index (χ2v) is 8.92. The lowest BCUT2D eigenvalue weighted by Crippen LogP contribution is -2.47. The van der Waals surface area contributed by atoms with Crippen LogP contribution in [0.5, 0.6) is 5.75 Å². The summed E-state index contributed by atoms with van der Waals surface area (Å²) in [6, 6.07) is 1.14. The molecule has 0 fully saturated rings. The molecule has 1 amide bonds. The van der Waals surface area contributed by atoms with Crippen molar-refractivity contribution in [2.45, 2.75) is 52.8 Å². The molecule has 11 heteroatoms. The number of carbonyl (C=O) groups excluding carboxylic acids is 1. The van der Waals surface area contributed by atoms with Crippen LogP contribution in [-0.2, 0) is 5.54 Å². The summed E-state index contributed by atoms with van der Waals surface area (Å²) in [5.41, 5.74) is -1.30. The Kier molecular flexibility index (Phi) is 6.61. The first kappa shape index (κ1) is 23.1. The molecule has 0 aliphatic heterocycles. The number of nitrogens with one attached hydrogen (secondary N) is 1. The summed E-state index contributed by atoms with van der Waals surface area (Å²) >= 11 is 3.07. The molecule has 2 aromatic heterocycles. The van der Waals surface area contributed by atoms with Gasteiger partial charge >= 0.3 is 6.18 Å². The summed E-state index contributed by atoms with van der Waals surface area (Å²) in [5, 5.41) is 6.76. The number of hydrogen-bond acceptors (Lipinski definition) is 6. The highest BCUT2D eigenvalue weighted by molar-refractivity contribution is 9.10. The fourth-order valence-electron chi connectivity index (χ4n) is 2.89. The Morgan fingerprint density at radius 3 is 2.45 bits per heavy atom. The molecule has 0 radical (unpaired) electrons. The van der Waals surface area contributed by atoms with E-state index >= 15 is 0 Å². The lowest BCUT2D eigenvalue weighted by atomic mass is 9.80. The third kappa shape index (κ3) is 6.69. The zero-order valence-corrected chi connectivity index (χ0v) is 18.2. The molecule has 1 N–H and O–H groups in total. The van der Waals surface area contributed by atoms with Crippen LogP contribution in [0.3, 0.4) is 0 Å². The minimum Gasteiger partial charge on any atom is -0.483 e. The molecule has 0 saturated carbocycles. The van der Waals surface area contributed by atoms with Crippen molar-refractivity contribution in [1.29, 1.82) is 0 Å². The maximum Gasteiger partial charge on any atom is 0.422 e. The maximum atomic E-state index is 12.8. The van der Waals surface area contributed by atoms with Crippen LogP contribution in [0.2, 0.25) is 0 Å². The Hall–Kier alpha value is -2.17. The molecule has 0 spiro atoms. The van der Waals surface area contributed by atoms with Gasteiger partial charge in [0.15, 0.2) is 12.4 Å². The monoisotopic (exact) mass is 478 g/mol. The molecule has 0 aromatic carbocycles. The summed E-state index contributed by atoms with van der Waals surface area (Å²) in [6.07, 6.45) is -2.83. The Balaban J connectivity index is 2.29. The van der Waals surface area contributed by atoms with E-state index < -0.39 is 24.2 Å². The van der Waals surface area contributed by atoms with Gasteiger partial charge in [-0.2, -0.15) is 18.2 Å². The van der Waals surface area contributed by atoms with E-state index in [9.17, 15) is 18.0 Å². The molecule has 0 aliphatic rings. The number of aromatic nitrogens is 3. The number of pyridine rings is 1. The second-order valence-electron chi connectivity index (χ2n) is 8.06. The van der Waals surface area contributed by atoms with Crippen molar-refractivity contribution >= 4 is 21.8 Å². The van der Waals surface area contributed by atoms with Crippen LogP contribution in [0.4, 0.5) is 13.2 Å². The van der Waals surface area contributed by atoms with E-state index in [1.54, 1.807) is 13.8 Å². The van der Waals surface area contributed by atoms with E-state index in [-0.39, 0.29) is 21.3 Å². The molecular weight excluding hydrogens is 457 g/mol. The molecule has 2 rings (SSSR count). The van der Waals surface area contributed by atoms with Crippen molar-refractivity contribution in [3.8, 4) is 5.75 Å². The van der Waals surface area contributed by atoms with Gasteiger partial charge in [0.25, 0.3) is 5.91 Å². The Bertz CT molecular complexity index is 880. The largest absolute Gasteiger partial charge is 0.483 e. The van der Waals surface area contributed by atoms with E-state index in [4.69, 9.17) is 9.26 Å². The molecule has 0 aliphatic carbocycles. The average molecular weight is 479 g/mol. The fourth-order valence-corrected chi connectivity index (χ4v) is 3.22. The first-order valence-corrected chi connectivity index (χ1v) is 9.46. The molecular formula is C18H22BrF3N4O3. The Morgan fingerprint density at radius 1 is 1.28 bits per heavy atom. The fraction of sp³-hybridized carbons (Fsp3) is 0.556. The van der Waals surface area contributed by atoms with Gasteiger partial charge in [-0.25, -0.2) is 4.98 Å². The van der Waals surface area contributed by atoms with Crippen molar-refractivity contribution in [1.82, 2.24) is 20.4 Å². The zero-order chi connectivity index (χ0) is 22.0. The Labute approximate surface area is 174 Å². The minimum absolute atomic E-state index is 0.106. The van der Waals surface area contributed by atoms with Crippen LogP contribution in [0, 0.1) is 12.3 Å². The third-order valence-corrected chi connectivity index (χ3v) is 4.33. The zero-order valence-electron chi connectivity index (χ0n) is 16.6. The van der Waals surface area contributed by atoms with E-state index in [1.165, 1.54) is 6.20 Å². The quantitative estimate of drug-likeness (QED) is 0.654. The molecule has 2 aromatic rings. The van der Waals surface area contributed by atoms with Gasteiger partial charge in [0.05, 0.1) is 4.47 Å². The van der Waals surface area contributed by atoms with Gasteiger partial charge in [-0.1, -0.05) is 25.9 Å². The Morgan fingerprint density at radius 2 is 1.93 bits per heavy atom. The highest BCUT2D eigenvalue weighted by Crippen LogP contribution is 2.34. The van der Waals surface area contributed by atoms with Crippen LogP contribution in [0.1, 0.15) is 56.3 Å². The predicted molar refractivity (Wildman–Crippen MR) is 101 cm³/mol. The number of halogens is 4. The van der Waals surface area contributed by atoms with Gasteiger partial charge in [-0.15, -0.1) is 0 Å². The normalized spacial score (nSPS) is 14.4. The van der Waals surface area contributed by atoms with E-state index in [0.717, 1.165) is 6.07 Å². The number of carbonyl (C=O) groups is 1. The molecule has 0 saturated heterocycles. The number of amides is 1. The van der Waals surface area contributed by atoms with Crippen molar-refractivity contribution in [2.24, 2.45) is 5.41 Å². The summed E-state index contributed by atoms with van der Waals surface area (Å²) in [5.74, 6) is -0.109. The molecule has 1 unspecified atom stereocenters. The van der Waals surface area contributed by atoms with Crippen LogP contribution in [0.15, 0.2) is 21.3 Å². The highest BCUT2D eigenvalue weighted by atomic mass is 79.9. The van der Waals surface area contributed by atoms with Crippen molar-refractivity contribution in [2.75, 3.05) is 6.61 Å². The van der Waals surface area contributed by atoms with Crippen molar-refractivity contribution in [3.05, 3.63) is 34.1 Å². The maximum absolute atomic E-state index is 12.8. The first-order valence-electron chi connectivity index (χ1n) is 8.67. The number of nitrogens with zero attached hydrogens (tertiary/aromatic N) is 3. The summed E-state index contributed by atoms with van der Waals surface area (Å²) in [6.45, 7) is 7.87. The standard InChI is InChI=1S/C18H22BrF3N4O3/c1-10-24-15(26-29-10)17(5,8-16(2,3)4)25-14(27)12-6-13(11(19)7-23-12)28-9-18(20,21)22/h6-7H,8-9H2,1-5H3,(H,25,27). The van der Waals surface area contributed by atoms with Crippen LogP contribution in [-0.4, -0.2) is 33.8 Å². The van der Waals surface area contributed by atoms with Gasteiger partial charge in [-0.05, 0) is 34.7 Å². The summed E-state index contributed by atoms with van der Waals surface area (Å²) in [7, 11) is 0. The topological polar surface area (TPSA) is 90.1 Å². The highest BCUT2D eigenvalue weighted by Gasteiger charge is 2.38. The smallest absolute Gasteiger partial charge is 0.422 e. The number of hydrogen-bond donors (Lipinski definition) is 1. The lowest BCUT2D eigenvalue weighted by molar-refractivity contribution is -0.153. The lowest BCUT2D eigenvalue weighted by Gasteiger charge is -2.33. The number of ether oxygens (including phenoxy) is 1. The molecule has 1 atom stereocenters. The molecule has 2 heterocycles. The molecule has 29 heavy (non-hydrogen) atoms. The SMILES string of the molecule is Cc1nc(C(C)(CC(C)(C)C)NC(=O)c2cc(OCC(F)(F)F)c(Br)cn2)no1. The molecule has 160 valence electrons. The van der Waals surface area contributed by atoms with Crippen molar-refractivity contribution in [3.63, 3.8) is 0 Å². The van der Waals surface area contributed by atoms with Crippen molar-refractivity contribution < 1.29 is 27.2 Å². The third-order valence-electron chi connectivity index (χ3n) is 3.74. The number of alkyl halides is 3. The minimum atomic E-state index is -4.51. The van der Waals surface area contributed by atoms with Crippen LogP contribution < -0.4 is 10.1 Å². The molecule has 7 nitrogen and oxygen atoms in total. The van der Waals surface area contributed by atoms with E-state index in [0.29, 0.717) is 18.1 Å². The van der Waals surface area contributed by atoms with Gasteiger partial charge < -0.3 is 14.6 Å². The predicted octanol–water partition coefficient (Wildman–Crippen LogP) is 4.56. The number of aryl methyl sites for hydroxylation is 1. The summed E-state index contributed by atoms with van der Waals surface area (Å²) < 4.78 is 47.3. The first-order chi connectivity index (χ1) is 13.2. The van der Waals surface area contributed by atoms with Crippen LogP contribution in [0.25, 0.3) is 0 Å². The second kappa shape index (κ2) is 8.29. The molecule has 0 bridgehead atoms. The average Bonchev–Trinajstić information content (AvgIpc) is 2.98. The van der Waals surface area contributed by atoms with E-state index in [2.05, 4.69) is 36.4 Å². The van der Waals surface area contributed by atoms with Gasteiger partial charge in [0.1, 0.15) is 17.0 Å². The van der Waals surface area contributed by atoms with Gasteiger partial charge in [0.2, 0.25) is 5.89 Å². The number of rotatable bonds is 6. The van der Waals surface area contributed by atoms with E-state index in [1.807, 2.05) is 20.8 Å². The van der Waals surface area contributed by atoms with Gasteiger partial charge in [0, 0.05) is 19.2 Å². The van der Waals surface area contributed by atoms with Gasteiger partial charge in [-0.3, -0.25) is 4.79 Å². The summed E-state index contributed by atoms with van der Waals surface area (Å²) in [4.78, 5) is 21.0.